The molecule has 0 atom stereocenters. The highest BCUT2D eigenvalue weighted by atomic mass is 32.1. The lowest BCUT2D eigenvalue weighted by molar-refractivity contribution is 0.355. The zero-order chi connectivity index (χ0) is 14.0. The van der Waals surface area contributed by atoms with Gasteiger partial charge in [0.1, 0.15) is 10.5 Å². The third kappa shape index (κ3) is 2.61. The van der Waals surface area contributed by atoms with E-state index in [1.54, 1.807) is 14.2 Å². The van der Waals surface area contributed by atoms with Crippen molar-refractivity contribution in [1.29, 1.82) is 0 Å². The summed E-state index contributed by atoms with van der Waals surface area (Å²) in [5.74, 6) is 2.09. The summed E-state index contributed by atoms with van der Waals surface area (Å²) < 4.78 is 11.1. The molecule has 1 aromatic carbocycles. The normalized spacial score (nSPS) is 10.3. The molecule has 0 unspecified atom stereocenters. The monoisotopic (exact) mass is 276 g/mol. The SMILES string of the molecule is COc1ccc(-c2nc(=S)c(C)c(C)[nH]2)cc1OC. The van der Waals surface area contributed by atoms with Crippen molar-refractivity contribution in [1.82, 2.24) is 9.97 Å². The van der Waals surface area contributed by atoms with Gasteiger partial charge in [-0.1, -0.05) is 12.2 Å². The number of hydrogen-bond donors (Lipinski definition) is 1. The van der Waals surface area contributed by atoms with Crippen LogP contribution in [-0.4, -0.2) is 24.2 Å². The van der Waals surface area contributed by atoms with E-state index in [0.29, 0.717) is 16.1 Å². The molecule has 1 aromatic heterocycles. The second-order valence-electron chi connectivity index (χ2n) is 4.21. The molecule has 1 heterocycles. The Balaban J connectivity index is 2.56. The minimum Gasteiger partial charge on any atom is -0.493 e. The van der Waals surface area contributed by atoms with Crippen LogP contribution >= 0.6 is 12.2 Å². The smallest absolute Gasteiger partial charge is 0.161 e. The second-order valence-corrected chi connectivity index (χ2v) is 4.60. The summed E-state index contributed by atoms with van der Waals surface area (Å²) in [6, 6.07) is 5.65. The van der Waals surface area contributed by atoms with E-state index in [1.165, 1.54) is 0 Å². The number of rotatable bonds is 3. The molecule has 0 aliphatic rings. The lowest BCUT2D eigenvalue weighted by atomic mass is 10.1. The van der Waals surface area contributed by atoms with Crippen LogP contribution in [0, 0.1) is 18.5 Å². The summed E-state index contributed by atoms with van der Waals surface area (Å²) in [6.45, 7) is 3.94. The number of aromatic nitrogens is 2. The first-order valence-electron chi connectivity index (χ1n) is 5.86. The molecule has 100 valence electrons. The zero-order valence-corrected chi connectivity index (χ0v) is 12.2. The van der Waals surface area contributed by atoms with Gasteiger partial charge in [-0.05, 0) is 32.0 Å². The molecule has 0 spiro atoms. The quantitative estimate of drug-likeness (QED) is 0.872. The first kappa shape index (κ1) is 13.5. The fourth-order valence-corrected chi connectivity index (χ4v) is 2.01. The third-order valence-corrected chi connectivity index (χ3v) is 3.46. The van der Waals surface area contributed by atoms with Crippen molar-refractivity contribution in [3.63, 3.8) is 0 Å². The number of nitrogens with zero attached hydrogens (tertiary/aromatic N) is 1. The number of aromatic amines is 1. The summed E-state index contributed by atoms with van der Waals surface area (Å²) >= 11 is 5.25. The van der Waals surface area contributed by atoms with Crippen LogP contribution in [0.3, 0.4) is 0 Å². The van der Waals surface area contributed by atoms with Crippen LogP contribution in [0.4, 0.5) is 0 Å². The highest BCUT2D eigenvalue weighted by Gasteiger charge is 2.09. The molecule has 5 heteroatoms. The van der Waals surface area contributed by atoms with Gasteiger partial charge in [0.15, 0.2) is 11.5 Å². The van der Waals surface area contributed by atoms with Crippen molar-refractivity contribution in [3.8, 4) is 22.9 Å². The maximum Gasteiger partial charge on any atom is 0.161 e. The minimum atomic E-state index is 0.612. The fraction of sp³-hybridized carbons (Fsp3) is 0.286. The van der Waals surface area contributed by atoms with Gasteiger partial charge in [0.05, 0.1) is 14.2 Å². The maximum absolute atomic E-state index is 5.29. The second kappa shape index (κ2) is 5.40. The predicted molar refractivity (Wildman–Crippen MR) is 77.4 cm³/mol. The van der Waals surface area contributed by atoms with E-state index in [-0.39, 0.29) is 0 Å². The lowest BCUT2D eigenvalue weighted by Gasteiger charge is -2.10. The van der Waals surface area contributed by atoms with Gasteiger partial charge < -0.3 is 14.5 Å². The molecule has 4 nitrogen and oxygen atoms in total. The molecule has 0 aliphatic heterocycles. The molecule has 1 N–H and O–H groups in total. The fourth-order valence-electron chi connectivity index (χ4n) is 1.77. The molecule has 0 saturated carbocycles. The first-order valence-corrected chi connectivity index (χ1v) is 6.27. The van der Waals surface area contributed by atoms with Gasteiger partial charge in [-0.15, -0.1) is 0 Å². The number of H-pyrrole nitrogens is 1. The van der Waals surface area contributed by atoms with E-state index in [9.17, 15) is 0 Å². The Bertz CT molecular complexity index is 665. The molecule has 0 radical (unpaired) electrons. The minimum absolute atomic E-state index is 0.612. The van der Waals surface area contributed by atoms with Gasteiger partial charge in [0.2, 0.25) is 0 Å². The number of nitrogens with one attached hydrogen (secondary N) is 1. The topological polar surface area (TPSA) is 47.1 Å². The maximum atomic E-state index is 5.29. The largest absolute Gasteiger partial charge is 0.493 e. The van der Waals surface area contributed by atoms with Crippen LogP contribution in [0.2, 0.25) is 0 Å². The van der Waals surface area contributed by atoms with Crippen molar-refractivity contribution in [2.75, 3.05) is 14.2 Å². The Labute approximate surface area is 117 Å². The van der Waals surface area contributed by atoms with Crippen LogP contribution in [0.15, 0.2) is 18.2 Å². The highest BCUT2D eigenvalue weighted by Crippen LogP contribution is 2.31. The van der Waals surface area contributed by atoms with Crippen LogP contribution in [-0.2, 0) is 0 Å². The van der Waals surface area contributed by atoms with Crippen molar-refractivity contribution < 1.29 is 9.47 Å². The summed E-state index contributed by atoms with van der Waals surface area (Å²) in [4.78, 5) is 7.64. The Morgan fingerprint density at radius 1 is 1.11 bits per heavy atom. The predicted octanol–water partition coefficient (Wildman–Crippen LogP) is 3.44. The van der Waals surface area contributed by atoms with Crippen molar-refractivity contribution in [2.45, 2.75) is 13.8 Å². The summed E-state index contributed by atoms with van der Waals surface area (Å²) in [5, 5.41) is 0. The van der Waals surface area contributed by atoms with Crippen LogP contribution in [0.1, 0.15) is 11.3 Å². The number of benzene rings is 1. The number of ether oxygens (including phenoxy) is 2. The molecular formula is C14H16N2O2S. The molecule has 0 amide bonds. The van der Waals surface area contributed by atoms with E-state index in [4.69, 9.17) is 21.7 Å². The van der Waals surface area contributed by atoms with Gasteiger partial charge in [0.25, 0.3) is 0 Å². The lowest BCUT2D eigenvalue weighted by Crippen LogP contribution is -1.97. The molecule has 0 bridgehead atoms. The van der Waals surface area contributed by atoms with Gasteiger partial charge in [-0.3, -0.25) is 0 Å². The Morgan fingerprint density at radius 2 is 1.79 bits per heavy atom. The van der Waals surface area contributed by atoms with Gasteiger partial charge in [-0.2, -0.15) is 0 Å². The Kier molecular flexibility index (Phi) is 3.85. The van der Waals surface area contributed by atoms with Crippen LogP contribution < -0.4 is 9.47 Å². The molecule has 0 fully saturated rings. The molecule has 2 aromatic rings. The molecule has 19 heavy (non-hydrogen) atoms. The molecule has 2 rings (SSSR count). The van der Waals surface area contributed by atoms with Crippen LogP contribution in [0.5, 0.6) is 11.5 Å². The van der Waals surface area contributed by atoms with Gasteiger partial charge in [-0.25, -0.2) is 4.98 Å². The van der Waals surface area contributed by atoms with E-state index in [0.717, 1.165) is 22.6 Å². The van der Waals surface area contributed by atoms with E-state index >= 15 is 0 Å². The van der Waals surface area contributed by atoms with Crippen molar-refractivity contribution >= 4 is 12.2 Å². The van der Waals surface area contributed by atoms with Crippen molar-refractivity contribution in [2.24, 2.45) is 0 Å². The van der Waals surface area contributed by atoms with E-state index < -0.39 is 0 Å². The average molecular weight is 276 g/mol. The Morgan fingerprint density at radius 3 is 2.37 bits per heavy atom. The summed E-state index contributed by atoms with van der Waals surface area (Å²) in [7, 11) is 3.22. The summed E-state index contributed by atoms with van der Waals surface area (Å²) in [5.41, 5.74) is 2.93. The van der Waals surface area contributed by atoms with E-state index in [2.05, 4.69) is 9.97 Å². The Hall–Kier alpha value is -1.88. The van der Waals surface area contributed by atoms with Crippen LogP contribution in [0.25, 0.3) is 11.4 Å². The zero-order valence-electron chi connectivity index (χ0n) is 11.4. The molecule has 0 saturated heterocycles. The number of aryl methyl sites for hydroxylation is 1. The van der Waals surface area contributed by atoms with Crippen molar-refractivity contribution in [3.05, 3.63) is 34.1 Å². The standard InChI is InChI=1S/C14H16N2O2S/c1-8-9(2)15-13(16-14(8)19)10-5-6-11(17-3)12(7-10)18-4/h5-7H,1-4H3,(H,15,16,19). The van der Waals surface area contributed by atoms with Gasteiger partial charge in [0, 0.05) is 16.8 Å². The van der Waals surface area contributed by atoms with Gasteiger partial charge >= 0.3 is 0 Å². The highest BCUT2D eigenvalue weighted by molar-refractivity contribution is 7.71. The summed E-state index contributed by atoms with van der Waals surface area (Å²) in [6.07, 6.45) is 0. The van der Waals surface area contributed by atoms with E-state index in [1.807, 2.05) is 32.0 Å². The molecule has 0 aliphatic carbocycles. The third-order valence-electron chi connectivity index (χ3n) is 3.06. The average Bonchev–Trinajstić information content (AvgIpc) is 2.43. The number of hydrogen-bond acceptors (Lipinski definition) is 4. The number of methoxy groups -OCH3 is 2. The first-order chi connectivity index (χ1) is 9.06. The molecular weight excluding hydrogens is 260 g/mol.